The second kappa shape index (κ2) is 4.79. The number of rotatable bonds is 0. The van der Waals surface area contributed by atoms with E-state index in [2.05, 4.69) is 36.4 Å². The number of nitrogens with two attached hydrogens (primary N) is 3. The summed E-state index contributed by atoms with van der Waals surface area (Å²) in [7, 11) is 0. The van der Waals surface area contributed by atoms with Crippen LogP contribution in [0.15, 0.2) is 54.6 Å². The van der Waals surface area contributed by atoms with Crippen molar-refractivity contribution in [3.63, 3.8) is 0 Å². The molecule has 0 aromatic heterocycles. The van der Waals surface area contributed by atoms with Gasteiger partial charge in [-0.3, -0.25) is 0 Å². The maximum absolute atomic E-state index is 6.17. The highest BCUT2D eigenvalue weighted by Crippen LogP contribution is 2.54. The molecule has 3 nitrogen and oxygen atoms in total. The SMILES string of the molecule is Nc1ccc2c(c1)Cc1cc(N)ccc1C21CCc2ccc(N)cc21. The Bertz CT molecular complexity index is 968. The summed E-state index contributed by atoms with van der Waals surface area (Å²) in [6, 6.07) is 19.1. The number of nitrogen functional groups attached to an aromatic ring is 3. The van der Waals surface area contributed by atoms with Crippen LogP contribution in [-0.4, -0.2) is 0 Å². The smallest absolute Gasteiger partial charge is 0.0463 e. The molecule has 25 heavy (non-hydrogen) atoms. The lowest BCUT2D eigenvalue weighted by atomic mass is 9.63. The Balaban J connectivity index is 1.89. The van der Waals surface area contributed by atoms with E-state index in [1.54, 1.807) is 0 Å². The molecule has 0 amide bonds. The maximum Gasteiger partial charge on any atom is 0.0463 e. The molecule has 0 heterocycles. The summed E-state index contributed by atoms with van der Waals surface area (Å²) in [5.74, 6) is 0. The number of hydrogen-bond donors (Lipinski definition) is 3. The number of aryl methyl sites for hydroxylation is 1. The van der Waals surface area contributed by atoms with Crippen molar-refractivity contribution in [3.8, 4) is 0 Å². The third-order valence-electron chi connectivity index (χ3n) is 5.92. The average Bonchev–Trinajstić information content (AvgIpc) is 2.94. The third-order valence-corrected chi connectivity index (χ3v) is 5.92. The normalized spacial score (nSPS) is 16.3. The summed E-state index contributed by atoms with van der Waals surface area (Å²) in [4.78, 5) is 0. The zero-order valence-corrected chi connectivity index (χ0v) is 14.0. The standard InChI is InChI=1S/C22H21N3/c23-16-3-5-19-14(10-16)9-15-11-17(24)4-6-20(15)22(19)8-7-13-1-2-18(25)12-21(13)22/h1-6,10-12H,7-9,23-25H2. The summed E-state index contributed by atoms with van der Waals surface area (Å²) in [6.45, 7) is 0. The van der Waals surface area contributed by atoms with Gasteiger partial charge in [0.25, 0.3) is 0 Å². The molecule has 3 aromatic carbocycles. The Labute approximate surface area is 147 Å². The second-order valence-electron chi connectivity index (χ2n) is 7.33. The largest absolute Gasteiger partial charge is 0.399 e. The van der Waals surface area contributed by atoms with Crippen molar-refractivity contribution >= 4 is 17.1 Å². The molecule has 0 saturated carbocycles. The molecule has 0 atom stereocenters. The first-order valence-electron chi connectivity index (χ1n) is 8.74. The first kappa shape index (κ1) is 14.4. The average molecular weight is 327 g/mol. The van der Waals surface area contributed by atoms with E-state index < -0.39 is 0 Å². The van der Waals surface area contributed by atoms with Gasteiger partial charge in [-0.2, -0.15) is 0 Å². The highest BCUT2D eigenvalue weighted by molar-refractivity contribution is 5.68. The van der Waals surface area contributed by atoms with Gasteiger partial charge in [0, 0.05) is 22.5 Å². The summed E-state index contributed by atoms with van der Waals surface area (Å²) >= 11 is 0. The van der Waals surface area contributed by atoms with Crippen LogP contribution in [-0.2, 0) is 18.3 Å². The fourth-order valence-electron chi connectivity index (χ4n) is 4.93. The van der Waals surface area contributed by atoms with Crippen molar-refractivity contribution in [1.29, 1.82) is 0 Å². The Morgan fingerprint density at radius 1 is 0.600 bits per heavy atom. The van der Waals surface area contributed by atoms with Crippen LogP contribution < -0.4 is 17.2 Å². The molecular formula is C22H21N3. The minimum absolute atomic E-state index is 0.144. The van der Waals surface area contributed by atoms with Crippen LogP contribution in [0.5, 0.6) is 0 Å². The summed E-state index contributed by atoms with van der Waals surface area (Å²) in [5, 5.41) is 0. The van der Waals surface area contributed by atoms with Crippen LogP contribution in [0.2, 0.25) is 0 Å². The number of fused-ring (bicyclic) bond motifs is 6. The van der Waals surface area contributed by atoms with Crippen LogP contribution in [0.3, 0.4) is 0 Å². The number of benzene rings is 3. The predicted octanol–water partition coefficient (Wildman–Crippen LogP) is 3.62. The Morgan fingerprint density at radius 2 is 1.16 bits per heavy atom. The quantitative estimate of drug-likeness (QED) is 0.552. The lowest BCUT2D eigenvalue weighted by Gasteiger charge is -2.39. The van der Waals surface area contributed by atoms with Gasteiger partial charge in [-0.25, -0.2) is 0 Å². The lowest BCUT2D eigenvalue weighted by molar-refractivity contribution is 0.586. The zero-order chi connectivity index (χ0) is 17.2. The molecule has 0 unspecified atom stereocenters. The molecule has 5 rings (SSSR count). The molecule has 1 spiro atoms. The van der Waals surface area contributed by atoms with E-state index in [0.717, 1.165) is 36.3 Å². The van der Waals surface area contributed by atoms with Gasteiger partial charge in [-0.15, -0.1) is 0 Å². The molecule has 0 bridgehead atoms. The van der Waals surface area contributed by atoms with Crippen molar-refractivity contribution in [3.05, 3.63) is 88.0 Å². The van der Waals surface area contributed by atoms with Crippen molar-refractivity contribution in [2.24, 2.45) is 0 Å². The topological polar surface area (TPSA) is 78.1 Å². The summed E-state index contributed by atoms with van der Waals surface area (Å²) in [6.07, 6.45) is 2.99. The van der Waals surface area contributed by atoms with Crippen LogP contribution in [0.1, 0.15) is 39.8 Å². The highest BCUT2D eigenvalue weighted by atomic mass is 14.6. The van der Waals surface area contributed by atoms with E-state index in [9.17, 15) is 0 Å². The Morgan fingerprint density at radius 3 is 1.80 bits per heavy atom. The number of anilines is 3. The molecule has 6 N–H and O–H groups in total. The maximum atomic E-state index is 6.17. The van der Waals surface area contributed by atoms with Crippen molar-refractivity contribution in [2.45, 2.75) is 24.7 Å². The molecule has 124 valence electrons. The lowest BCUT2D eigenvalue weighted by Crippen LogP contribution is -2.32. The summed E-state index contributed by atoms with van der Waals surface area (Å²) in [5.41, 5.74) is 28.7. The van der Waals surface area contributed by atoms with E-state index in [1.165, 1.54) is 33.4 Å². The van der Waals surface area contributed by atoms with Gasteiger partial charge >= 0.3 is 0 Å². The van der Waals surface area contributed by atoms with Crippen molar-refractivity contribution < 1.29 is 0 Å². The molecule has 0 radical (unpaired) electrons. The minimum atomic E-state index is -0.144. The monoisotopic (exact) mass is 327 g/mol. The molecule has 0 saturated heterocycles. The van der Waals surface area contributed by atoms with Gasteiger partial charge in [0.15, 0.2) is 0 Å². The second-order valence-corrected chi connectivity index (χ2v) is 7.33. The van der Waals surface area contributed by atoms with Gasteiger partial charge in [-0.05, 0) is 89.0 Å². The molecule has 3 heteroatoms. The van der Waals surface area contributed by atoms with Crippen LogP contribution >= 0.6 is 0 Å². The fraction of sp³-hybridized carbons (Fsp3) is 0.182. The molecular weight excluding hydrogens is 306 g/mol. The van der Waals surface area contributed by atoms with Crippen molar-refractivity contribution in [1.82, 2.24) is 0 Å². The van der Waals surface area contributed by atoms with E-state index in [0.29, 0.717) is 0 Å². The van der Waals surface area contributed by atoms with Gasteiger partial charge in [-0.1, -0.05) is 18.2 Å². The predicted molar refractivity (Wildman–Crippen MR) is 104 cm³/mol. The molecule has 2 aliphatic carbocycles. The van der Waals surface area contributed by atoms with E-state index in [-0.39, 0.29) is 5.41 Å². The number of hydrogen-bond acceptors (Lipinski definition) is 3. The highest BCUT2D eigenvalue weighted by Gasteiger charge is 2.46. The Hall–Kier alpha value is -2.94. The summed E-state index contributed by atoms with van der Waals surface area (Å²) < 4.78 is 0. The molecule has 2 aliphatic rings. The molecule has 0 fully saturated rings. The van der Waals surface area contributed by atoms with Crippen LogP contribution in [0.25, 0.3) is 0 Å². The van der Waals surface area contributed by atoms with Crippen LogP contribution in [0, 0.1) is 0 Å². The van der Waals surface area contributed by atoms with Crippen molar-refractivity contribution in [2.75, 3.05) is 17.2 Å². The minimum Gasteiger partial charge on any atom is -0.399 e. The first-order chi connectivity index (χ1) is 12.1. The Kier molecular flexibility index (Phi) is 2.76. The van der Waals surface area contributed by atoms with E-state index in [1.807, 2.05) is 18.2 Å². The van der Waals surface area contributed by atoms with E-state index >= 15 is 0 Å². The van der Waals surface area contributed by atoms with Gasteiger partial charge in [0.05, 0.1) is 0 Å². The fourth-order valence-corrected chi connectivity index (χ4v) is 4.93. The first-order valence-corrected chi connectivity index (χ1v) is 8.74. The van der Waals surface area contributed by atoms with Gasteiger partial charge in [0.2, 0.25) is 0 Å². The van der Waals surface area contributed by atoms with Gasteiger partial charge < -0.3 is 17.2 Å². The van der Waals surface area contributed by atoms with Gasteiger partial charge in [0.1, 0.15) is 0 Å². The zero-order valence-electron chi connectivity index (χ0n) is 14.0. The third kappa shape index (κ3) is 1.86. The van der Waals surface area contributed by atoms with Crippen LogP contribution in [0.4, 0.5) is 17.1 Å². The van der Waals surface area contributed by atoms with E-state index in [4.69, 9.17) is 17.2 Å². The molecule has 3 aromatic rings. The molecule has 0 aliphatic heterocycles.